The SMILES string of the molecule is N#Cc1ccc(NC(=O)c2ccc(-n3cccc3)cc2)cc1Cl. The van der Waals surface area contributed by atoms with E-state index in [9.17, 15) is 4.79 Å². The van der Waals surface area contributed by atoms with Crippen LogP contribution in [-0.4, -0.2) is 10.5 Å². The molecule has 0 aliphatic carbocycles. The van der Waals surface area contributed by atoms with Crippen molar-refractivity contribution in [2.45, 2.75) is 0 Å². The van der Waals surface area contributed by atoms with Crippen LogP contribution in [0.1, 0.15) is 15.9 Å². The van der Waals surface area contributed by atoms with Crippen molar-refractivity contribution < 1.29 is 4.79 Å². The Kier molecular flexibility index (Phi) is 4.13. The molecule has 5 heteroatoms. The summed E-state index contributed by atoms with van der Waals surface area (Å²) >= 11 is 5.96. The molecular formula is C18H12ClN3O. The average molecular weight is 322 g/mol. The van der Waals surface area contributed by atoms with E-state index in [0.717, 1.165) is 5.69 Å². The number of nitrogens with zero attached hydrogens (tertiary/aromatic N) is 2. The summed E-state index contributed by atoms with van der Waals surface area (Å²) in [5.74, 6) is -0.232. The summed E-state index contributed by atoms with van der Waals surface area (Å²) in [5.41, 5.74) is 2.45. The highest BCUT2D eigenvalue weighted by atomic mass is 35.5. The maximum absolute atomic E-state index is 12.3. The normalized spacial score (nSPS) is 10.1. The van der Waals surface area contributed by atoms with Crippen molar-refractivity contribution in [3.8, 4) is 11.8 Å². The van der Waals surface area contributed by atoms with Crippen molar-refractivity contribution in [2.24, 2.45) is 0 Å². The topological polar surface area (TPSA) is 57.8 Å². The smallest absolute Gasteiger partial charge is 0.255 e. The van der Waals surface area contributed by atoms with Crippen molar-refractivity contribution in [3.63, 3.8) is 0 Å². The van der Waals surface area contributed by atoms with E-state index in [-0.39, 0.29) is 5.91 Å². The fourth-order valence-corrected chi connectivity index (χ4v) is 2.40. The highest BCUT2D eigenvalue weighted by Crippen LogP contribution is 2.21. The van der Waals surface area contributed by atoms with E-state index in [0.29, 0.717) is 21.8 Å². The van der Waals surface area contributed by atoms with Gasteiger partial charge in [-0.15, -0.1) is 0 Å². The Bertz CT molecular complexity index is 878. The van der Waals surface area contributed by atoms with Gasteiger partial charge in [0.25, 0.3) is 5.91 Å². The Morgan fingerprint density at radius 1 is 1.09 bits per heavy atom. The quantitative estimate of drug-likeness (QED) is 0.783. The minimum absolute atomic E-state index is 0.232. The van der Waals surface area contributed by atoms with Gasteiger partial charge in [-0.3, -0.25) is 4.79 Å². The number of carbonyl (C=O) groups is 1. The van der Waals surface area contributed by atoms with Gasteiger partial charge < -0.3 is 9.88 Å². The van der Waals surface area contributed by atoms with E-state index in [1.54, 1.807) is 30.3 Å². The minimum Gasteiger partial charge on any atom is -0.324 e. The Morgan fingerprint density at radius 2 is 1.78 bits per heavy atom. The third kappa shape index (κ3) is 3.25. The van der Waals surface area contributed by atoms with Crippen LogP contribution >= 0.6 is 11.6 Å². The zero-order valence-corrected chi connectivity index (χ0v) is 12.8. The van der Waals surface area contributed by atoms with Crippen LogP contribution in [-0.2, 0) is 0 Å². The molecule has 0 unspecified atom stereocenters. The second-order valence-corrected chi connectivity index (χ2v) is 5.30. The van der Waals surface area contributed by atoms with Crippen LogP contribution < -0.4 is 5.32 Å². The molecule has 23 heavy (non-hydrogen) atoms. The molecule has 112 valence electrons. The first-order valence-corrected chi connectivity index (χ1v) is 7.29. The number of aromatic nitrogens is 1. The lowest BCUT2D eigenvalue weighted by molar-refractivity contribution is 0.102. The molecule has 0 aliphatic heterocycles. The van der Waals surface area contributed by atoms with E-state index in [4.69, 9.17) is 16.9 Å². The molecule has 0 radical (unpaired) electrons. The maximum Gasteiger partial charge on any atom is 0.255 e. The summed E-state index contributed by atoms with van der Waals surface area (Å²) in [5, 5.41) is 11.9. The van der Waals surface area contributed by atoms with E-state index in [1.807, 2.05) is 47.3 Å². The van der Waals surface area contributed by atoms with Gasteiger partial charge in [0.05, 0.1) is 10.6 Å². The van der Waals surface area contributed by atoms with E-state index in [1.165, 1.54) is 0 Å². The molecule has 1 N–H and O–H groups in total. The first-order valence-electron chi connectivity index (χ1n) is 6.92. The van der Waals surface area contributed by atoms with Gasteiger partial charge in [0, 0.05) is 29.3 Å². The molecule has 0 fully saturated rings. The van der Waals surface area contributed by atoms with Crippen molar-refractivity contribution in [1.29, 1.82) is 5.26 Å². The van der Waals surface area contributed by atoms with E-state index < -0.39 is 0 Å². The molecule has 0 atom stereocenters. The fourth-order valence-electron chi connectivity index (χ4n) is 2.18. The average Bonchev–Trinajstić information content (AvgIpc) is 3.09. The number of amides is 1. The number of nitriles is 1. The predicted octanol–water partition coefficient (Wildman–Crippen LogP) is 4.25. The van der Waals surface area contributed by atoms with Crippen LogP contribution in [0.25, 0.3) is 5.69 Å². The standard InChI is InChI=1S/C18H12ClN3O/c19-17-11-15(6-3-14(17)12-20)21-18(23)13-4-7-16(8-5-13)22-9-1-2-10-22/h1-11H,(H,21,23). The number of nitrogens with one attached hydrogen (secondary N) is 1. The molecule has 0 saturated carbocycles. The Labute approximate surface area is 138 Å². The Hall–Kier alpha value is -3.03. The largest absolute Gasteiger partial charge is 0.324 e. The van der Waals surface area contributed by atoms with Crippen LogP contribution in [0, 0.1) is 11.3 Å². The molecule has 2 aromatic carbocycles. The first-order chi connectivity index (χ1) is 11.2. The lowest BCUT2D eigenvalue weighted by Gasteiger charge is -2.08. The molecule has 0 spiro atoms. The van der Waals surface area contributed by atoms with Crippen LogP contribution in [0.5, 0.6) is 0 Å². The van der Waals surface area contributed by atoms with Gasteiger partial charge in [0.1, 0.15) is 6.07 Å². The number of halogens is 1. The zero-order chi connectivity index (χ0) is 16.2. The molecule has 3 aromatic rings. The fraction of sp³-hybridized carbons (Fsp3) is 0. The molecule has 1 heterocycles. The third-order valence-electron chi connectivity index (χ3n) is 3.38. The lowest BCUT2D eigenvalue weighted by atomic mass is 10.1. The lowest BCUT2D eigenvalue weighted by Crippen LogP contribution is -2.11. The van der Waals surface area contributed by atoms with Crippen molar-refractivity contribution in [1.82, 2.24) is 4.57 Å². The number of hydrogen-bond donors (Lipinski definition) is 1. The predicted molar refractivity (Wildman–Crippen MR) is 89.9 cm³/mol. The highest BCUT2D eigenvalue weighted by Gasteiger charge is 2.08. The molecule has 0 bridgehead atoms. The van der Waals surface area contributed by atoms with Gasteiger partial charge in [-0.2, -0.15) is 5.26 Å². The highest BCUT2D eigenvalue weighted by molar-refractivity contribution is 6.32. The summed E-state index contributed by atoms with van der Waals surface area (Å²) in [7, 11) is 0. The van der Waals surface area contributed by atoms with Gasteiger partial charge in [-0.25, -0.2) is 0 Å². The van der Waals surface area contributed by atoms with Crippen molar-refractivity contribution >= 4 is 23.2 Å². The molecule has 4 nitrogen and oxygen atoms in total. The third-order valence-corrected chi connectivity index (χ3v) is 3.69. The monoisotopic (exact) mass is 321 g/mol. The number of hydrogen-bond acceptors (Lipinski definition) is 2. The van der Waals surface area contributed by atoms with E-state index in [2.05, 4.69) is 5.32 Å². The number of anilines is 1. The molecule has 1 aromatic heterocycles. The summed E-state index contributed by atoms with van der Waals surface area (Å²) in [4.78, 5) is 12.3. The summed E-state index contributed by atoms with van der Waals surface area (Å²) in [6.45, 7) is 0. The zero-order valence-electron chi connectivity index (χ0n) is 12.0. The Morgan fingerprint density at radius 3 is 2.39 bits per heavy atom. The van der Waals surface area contributed by atoms with Crippen LogP contribution in [0.4, 0.5) is 5.69 Å². The van der Waals surface area contributed by atoms with Crippen LogP contribution in [0.15, 0.2) is 67.0 Å². The molecule has 1 amide bonds. The van der Waals surface area contributed by atoms with Crippen LogP contribution in [0.2, 0.25) is 5.02 Å². The minimum atomic E-state index is -0.232. The van der Waals surface area contributed by atoms with E-state index >= 15 is 0 Å². The Balaban J connectivity index is 1.76. The maximum atomic E-state index is 12.3. The number of benzene rings is 2. The summed E-state index contributed by atoms with van der Waals surface area (Å²) < 4.78 is 1.96. The second kappa shape index (κ2) is 6.39. The molecular weight excluding hydrogens is 310 g/mol. The second-order valence-electron chi connectivity index (χ2n) is 4.90. The number of rotatable bonds is 3. The molecule has 0 saturated heterocycles. The van der Waals surface area contributed by atoms with Crippen LogP contribution in [0.3, 0.4) is 0 Å². The van der Waals surface area contributed by atoms with Gasteiger partial charge in [-0.05, 0) is 54.6 Å². The number of carbonyl (C=O) groups excluding carboxylic acids is 1. The molecule has 0 aliphatic rings. The first kappa shape index (κ1) is 14.9. The summed E-state index contributed by atoms with van der Waals surface area (Å²) in [6, 6.07) is 17.9. The van der Waals surface area contributed by atoms with Crippen molar-refractivity contribution in [2.75, 3.05) is 5.32 Å². The van der Waals surface area contributed by atoms with Gasteiger partial charge >= 0.3 is 0 Å². The van der Waals surface area contributed by atoms with Gasteiger partial charge in [0.2, 0.25) is 0 Å². The molecule has 3 rings (SSSR count). The summed E-state index contributed by atoms with van der Waals surface area (Å²) in [6.07, 6.45) is 3.88. The van der Waals surface area contributed by atoms with Gasteiger partial charge in [0.15, 0.2) is 0 Å². The van der Waals surface area contributed by atoms with Gasteiger partial charge in [-0.1, -0.05) is 11.6 Å². The van der Waals surface area contributed by atoms with Crippen molar-refractivity contribution in [3.05, 3.63) is 83.1 Å².